The first kappa shape index (κ1) is 13.9. The molecule has 20 heavy (non-hydrogen) atoms. The Labute approximate surface area is 124 Å². The van der Waals surface area contributed by atoms with Crippen molar-refractivity contribution in [1.82, 2.24) is 4.98 Å². The molecule has 3 rings (SSSR count). The van der Waals surface area contributed by atoms with Gasteiger partial charge < -0.3 is 9.64 Å². The minimum absolute atomic E-state index is 0.179. The summed E-state index contributed by atoms with van der Waals surface area (Å²) >= 11 is 1.67. The lowest BCUT2D eigenvalue weighted by Gasteiger charge is -2.31. The van der Waals surface area contributed by atoms with Crippen molar-refractivity contribution in [2.75, 3.05) is 18.1 Å². The molecule has 0 spiro atoms. The zero-order chi connectivity index (χ0) is 13.9. The highest BCUT2D eigenvalue weighted by molar-refractivity contribution is 7.13. The molecule has 2 heterocycles. The van der Waals surface area contributed by atoms with Crippen LogP contribution in [0, 0.1) is 5.92 Å². The van der Waals surface area contributed by atoms with Crippen molar-refractivity contribution in [1.29, 1.82) is 0 Å². The predicted octanol–water partition coefficient (Wildman–Crippen LogP) is 3.02. The molecular formula is C15H22N2O2S. The summed E-state index contributed by atoms with van der Waals surface area (Å²) in [6.45, 7) is 3.39. The molecule has 1 aliphatic carbocycles. The third-order valence-corrected chi connectivity index (χ3v) is 5.35. The van der Waals surface area contributed by atoms with Crippen LogP contribution < -0.4 is 4.90 Å². The lowest BCUT2D eigenvalue weighted by atomic mass is 9.85. The maximum absolute atomic E-state index is 11.5. The van der Waals surface area contributed by atoms with Crippen molar-refractivity contribution >= 4 is 22.4 Å². The molecule has 2 unspecified atom stereocenters. The van der Waals surface area contributed by atoms with Crippen LogP contribution in [0.5, 0.6) is 0 Å². The minimum Gasteiger partial charge on any atom is -0.466 e. The van der Waals surface area contributed by atoms with Crippen LogP contribution in [0.15, 0.2) is 5.38 Å². The largest absolute Gasteiger partial charge is 0.466 e. The van der Waals surface area contributed by atoms with E-state index in [-0.39, 0.29) is 5.97 Å². The number of carbonyl (C=O) groups excluding carboxylic acids is 1. The van der Waals surface area contributed by atoms with Crippen LogP contribution in [0.3, 0.4) is 0 Å². The number of hydrogen-bond acceptors (Lipinski definition) is 5. The lowest BCUT2D eigenvalue weighted by molar-refractivity contribution is -0.142. The fourth-order valence-corrected chi connectivity index (χ4v) is 4.42. The first-order valence-electron chi connectivity index (χ1n) is 7.64. The van der Waals surface area contributed by atoms with E-state index in [2.05, 4.69) is 9.88 Å². The Balaban J connectivity index is 1.66. The molecule has 0 aromatic carbocycles. The molecule has 1 saturated heterocycles. The maximum Gasteiger partial charge on any atom is 0.311 e. The number of ether oxygens (including phenoxy) is 1. The monoisotopic (exact) mass is 294 g/mol. The summed E-state index contributed by atoms with van der Waals surface area (Å²) in [5.74, 6) is 0.683. The average Bonchev–Trinajstić information content (AvgIpc) is 3.05. The smallest absolute Gasteiger partial charge is 0.311 e. The molecule has 2 fully saturated rings. The number of esters is 1. The van der Waals surface area contributed by atoms with E-state index in [1.165, 1.54) is 32.1 Å². The minimum atomic E-state index is -0.179. The Hall–Kier alpha value is -1.10. The molecule has 0 N–H and O–H groups in total. The fraction of sp³-hybridized carbons (Fsp3) is 0.733. The van der Waals surface area contributed by atoms with Gasteiger partial charge in [-0.25, -0.2) is 4.98 Å². The quantitative estimate of drug-likeness (QED) is 0.801. The molecule has 2 aliphatic rings. The molecule has 5 heteroatoms. The van der Waals surface area contributed by atoms with E-state index < -0.39 is 0 Å². The van der Waals surface area contributed by atoms with E-state index in [1.54, 1.807) is 11.3 Å². The lowest BCUT2D eigenvalue weighted by Crippen LogP contribution is -2.34. The van der Waals surface area contributed by atoms with Gasteiger partial charge in [0.05, 0.1) is 18.7 Å². The summed E-state index contributed by atoms with van der Waals surface area (Å²) in [6, 6.07) is 0.686. The van der Waals surface area contributed by atoms with Gasteiger partial charge in [-0.15, -0.1) is 11.3 Å². The van der Waals surface area contributed by atoms with E-state index in [0.717, 1.165) is 23.3 Å². The summed E-state index contributed by atoms with van der Waals surface area (Å²) in [6.07, 6.45) is 7.02. The van der Waals surface area contributed by atoms with Crippen LogP contribution in [0.2, 0.25) is 0 Å². The highest BCUT2D eigenvalue weighted by atomic mass is 32.1. The number of fused-ring (bicyclic) bond motifs is 1. The Morgan fingerprint density at radius 2 is 2.30 bits per heavy atom. The Bertz CT molecular complexity index is 474. The molecule has 110 valence electrons. The number of carbonyl (C=O) groups is 1. The summed E-state index contributed by atoms with van der Waals surface area (Å²) < 4.78 is 4.98. The van der Waals surface area contributed by atoms with Crippen LogP contribution >= 0.6 is 11.3 Å². The summed E-state index contributed by atoms with van der Waals surface area (Å²) in [5.41, 5.74) is 0.850. The van der Waals surface area contributed by atoms with E-state index in [9.17, 15) is 4.79 Å². The van der Waals surface area contributed by atoms with Crippen LogP contribution in [-0.4, -0.2) is 30.1 Å². The SMILES string of the molecule is CCOC(=O)Cc1csc(N2CCC3CCCCC32)n1. The topological polar surface area (TPSA) is 42.4 Å². The number of aromatic nitrogens is 1. The van der Waals surface area contributed by atoms with Gasteiger partial charge in [0.2, 0.25) is 0 Å². The Morgan fingerprint density at radius 1 is 1.45 bits per heavy atom. The van der Waals surface area contributed by atoms with Crippen molar-refractivity contribution < 1.29 is 9.53 Å². The molecule has 1 aromatic heterocycles. The first-order chi connectivity index (χ1) is 9.78. The number of rotatable bonds is 4. The highest BCUT2D eigenvalue weighted by Crippen LogP contribution is 2.39. The molecule has 1 saturated carbocycles. The highest BCUT2D eigenvalue weighted by Gasteiger charge is 2.36. The van der Waals surface area contributed by atoms with Gasteiger partial charge in [-0.1, -0.05) is 12.8 Å². The van der Waals surface area contributed by atoms with Gasteiger partial charge >= 0.3 is 5.97 Å². The number of nitrogens with zero attached hydrogens (tertiary/aromatic N) is 2. The van der Waals surface area contributed by atoms with Gasteiger partial charge in [0.15, 0.2) is 5.13 Å². The first-order valence-corrected chi connectivity index (χ1v) is 8.52. The Kier molecular flexibility index (Phi) is 4.24. The molecular weight excluding hydrogens is 272 g/mol. The second-order valence-electron chi connectivity index (χ2n) is 5.70. The van der Waals surface area contributed by atoms with Crippen molar-refractivity contribution in [3.05, 3.63) is 11.1 Å². The molecule has 2 atom stereocenters. The average molecular weight is 294 g/mol. The van der Waals surface area contributed by atoms with Crippen LogP contribution in [0.25, 0.3) is 0 Å². The molecule has 0 bridgehead atoms. The van der Waals surface area contributed by atoms with Gasteiger partial charge in [0, 0.05) is 18.0 Å². The van der Waals surface area contributed by atoms with Gasteiger partial charge in [0.25, 0.3) is 0 Å². The van der Waals surface area contributed by atoms with E-state index in [1.807, 2.05) is 12.3 Å². The normalized spacial score (nSPS) is 25.6. The second kappa shape index (κ2) is 6.12. The summed E-state index contributed by atoms with van der Waals surface area (Å²) in [5, 5.41) is 3.10. The van der Waals surface area contributed by atoms with Crippen LogP contribution in [-0.2, 0) is 16.0 Å². The van der Waals surface area contributed by atoms with Crippen LogP contribution in [0.1, 0.15) is 44.7 Å². The summed E-state index contributed by atoms with van der Waals surface area (Å²) in [4.78, 5) is 18.6. The van der Waals surface area contributed by atoms with E-state index in [0.29, 0.717) is 19.1 Å². The molecule has 0 radical (unpaired) electrons. The zero-order valence-corrected chi connectivity index (χ0v) is 12.8. The van der Waals surface area contributed by atoms with Crippen molar-refractivity contribution in [2.24, 2.45) is 5.92 Å². The fourth-order valence-electron chi connectivity index (χ4n) is 3.51. The third-order valence-electron chi connectivity index (χ3n) is 4.43. The standard InChI is InChI=1S/C15H22N2O2S/c1-2-19-14(18)9-12-10-20-15(16-12)17-8-7-11-5-3-4-6-13(11)17/h10-11,13H,2-9H2,1H3. The number of anilines is 1. The van der Waals surface area contributed by atoms with Gasteiger partial charge in [-0.2, -0.15) is 0 Å². The molecule has 4 nitrogen and oxygen atoms in total. The number of thiazole rings is 1. The van der Waals surface area contributed by atoms with Crippen molar-refractivity contribution in [3.8, 4) is 0 Å². The maximum atomic E-state index is 11.5. The van der Waals surface area contributed by atoms with E-state index in [4.69, 9.17) is 4.74 Å². The number of hydrogen-bond donors (Lipinski definition) is 0. The van der Waals surface area contributed by atoms with Crippen molar-refractivity contribution in [3.63, 3.8) is 0 Å². The van der Waals surface area contributed by atoms with Crippen LogP contribution in [0.4, 0.5) is 5.13 Å². The zero-order valence-electron chi connectivity index (χ0n) is 12.0. The molecule has 1 aliphatic heterocycles. The second-order valence-corrected chi connectivity index (χ2v) is 6.53. The van der Waals surface area contributed by atoms with Gasteiger partial charge in [0.1, 0.15) is 0 Å². The predicted molar refractivity (Wildman–Crippen MR) is 80.2 cm³/mol. The summed E-state index contributed by atoms with van der Waals surface area (Å²) in [7, 11) is 0. The van der Waals surface area contributed by atoms with Crippen molar-refractivity contribution in [2.45, 2.75) is 51.5 Å². The Morgan fingerprint density at radius 3 is 3.15 bits per heavy atom. The molecule has 1 aromatic rings. The van der Waals surface area contributed by atoms with E-state index >= 15 is 0 Å². The van der Waals surface area contributed by atoms with Gasteiger partial charge in [-0.3, -0.25) is 4.79 Å². The van der Waals surface area contributed by atoms with Gasteiger partial charge in [-0.05, 0) is 32.1 Å². The molecule has 0 amide bonds. The third kappa shape index (κ3) is 2.82.